The standard InChI is InChI=1S/C13H20N2O2S2/c1-7(2)10(8(3)16)13-14-12(15-17-13)11-9(4)18-5-6-19-11/h7,9-11H,5-6H2,1-4H3. The molecule has 0 radical (unpaired) electrons. The van der Waals surface area contributed by atoms with Gasteiger partial charge in [-0.2, -0.15) is 16.7 Å². The van der Waals surface area contributed by atoms with E-state index in [2.05, 4.69) is 17.1 Å². The third-order valence-corrected chi connectivity index (χ3v) is 6.36. The van der Waals surface area contributed by atoms with Crippen molar-refractivity contribution in [2.45, 2.75) is 44.1 Å². The minimum Gasteiger partial charge on any atom is -0.339 e. The molecule has 106 valence electrons. The second kappa shape index (κ2) is 6.31. The van der Waals surface area contributed by atoms with Gasteiger partial charge in [0.05, 0.1) is 11.2 Å². The molecular formula is C13H20N2O2S2. The van der Waals surface area contributed by atoms with Crippen molar-refractivity contribution in [2.75, 3.05) is 11.5 Å². The Morgan fingerprint density at radius 2 is 2.05 bits per heavy atom. The maximum atomic E-state index is 11.7. The summed E-state index contributed by atoms with van der Waals surface area (Å²) in [6.45, 7) is 7.79. The van der Waals surface area contributed by atoms with Crippen molar-refractivity contribution < 1.29 is 9.32 Å². The fourth-order valence-electron chi connectivity index (χ4n) is 2.33. The summed E-state index contributed by atoms with van der Waals surface area (Å²) in [7, 11) is 0. The summed E-state index contributed by atoms with van der Waals surface area (Å²) in [5.41, 5.74) is 0. The van der Waals surface area contributed by atoms with Crippen LogP contribution in [0.5, 0.6) is 0 Å². The van der Waals surface area contributed by atoms with Gasteiger partial charge in [0.25, 0.3) is 0 Å². The van der Waals surface area contributed by atoms with E-state index in [-0.39, 0.29) is 22.9 Å². The lowest BCUT2D eigenvalue weighted by molar-refractivity contribution is -0.119. The van der Waals surface area contributed by atoms with Gasteiger partial charge in [0.15, 0.2) is 5.82 Å². The van der Waals surface area contributed by atoms with Crippen LogP contribution in [0.15, 0.2) is 4.52 Å². The van der Waals surface area contributed by atoms with E-state index in [9.17, 15) is 4.79 Å². The van der Waals surface area contributed by atoms with Gasteiger partial charge in [0.1, 0.15) is 5.78 Å². The lowest BCUT2D eigenvalue weighted by Crippen LogP contribution is -2.18. The summed E-state index contributed by atoms with van der Waals surface area (Å²) in [5, 5.41) is 4.86. The number of carbonyl (C=O) groups is 1. The molecule has 1 saturated heterocycles. The minimum absolute atomic E-state index is 0.0870. The van der Waals surface area contributed by atoms with Crippen LogP contribution in [0, 0.1) is 5.92 Å². The molecule has 3 unspecified atom stereocenters. The Kier molecular flexibility index (Phi) is 4.95. The molecular weight excluding hydrogens is 280 g/mol. The average Bonchev–Trinajstić information content (AvgIpc) is 2.77. The molecule has 4 nitrogen and oxygen atoms in total. The van der Waals surface area contributed by atoms with Gasteiger partial charge in [-0.15, -0.1) is 11.8 Å². The lowest BCUT2D eigenvalue weighted by Gasteiger charge is -2.24. The van der Waals surface area contributed by atoms with Gasteiger partial charge >= 0.3 is 0 Å². The van der Waals surface area contributed by atoms with Gasteiger partial charge in [-0.3, -0.25) is 4.79 Å². The highest BCUT2D eigenvalue weighted by atomic mass is 32.2. The second-order valence-electron chi connectivity index (χ2n) is 5.19. The van der Waals surface area contributed by atoms with Crippen LogP contribution in [0.25, 0.3) is 0 Å². The number of rotatable bonds is 4. The Morgan fingerprint density at radius 1 is 1.37 bits per heavy atom. The van der Waals surface area contributed by atoms with Gasteiger partial charge in [0, 0.05) is 16.8 Å². The third kappa shape index (κ3) is 3.34. The molecule has 2 heterocycles. The third-order valence-electron chi connectivity index (χ3n) is 3.27. The van der Waals surface area contributed by atoms with E-state index in [1.807, 2.05) is 37.4 Å². The van der Waals surface area contributed by atoms with Gasteiger partial charge in [-0.1, -0.05) is 25.9 Å². The zero-order valence-electron chi connectivity index (χ0n) is 11.8. The summed E-state index contributed by atoms with van der Waals surface area (Å²) < 4.78 is 5.35. The molecule has 0 saturated carbocycles. The Morgan fingerprint density at radius 3 is 2.63 bits per heavy atom. The molecule has 0 aliphatic carbocycles. The molecule has 0 N–H and O–H groups in total. The van der Waals surface area contributed by atoms with Crippen LogP contribution < -0.4 is 0 Å². The van der Waals surface area contributed by atoms with Gasteiger partial charge in [0.2, 0.25) is 5.89 Å². The number of hydrogen-bond acceptors (Lipinski definition) is 6. The molecule has 1 fully saturated rings. The molecule has 1 aliphatic heterocycles. The fraction of sp³-hybridized carbons (Fsp3) is 0.769. The Balaban J connectivity index is 2.20. The number of carbonyl (C=O) groups excluding carboxylic acids is 1. The van der Waals surface area contributed by atoms with E-state index >= 15 is 0 Å². The van der Waals surface area contributed by atoms with Gasteiger partial charge < -0.3 is 4.52 Å². The molecule has 0 bridgehead atoms. The van der Waals surface area contributed by atoms with Crippen molar-refractivity contribution in [1.29, 1.82) is 0 Å². The maximum Gasteiger partial charge on any atom is 0.237 e. The Bertz CT molecular complexity index is 448. The molecule has 3 atom stereocenters. The smallest absolute Gasteiger partial charge is 0.237 e. The number of ketones is 1. The zero-order chi connectivity index (χ0) is 14.0. The predicted octanol–water partition coefficient (Wildman–Crippen LogP) is 3.31. The topological polar surface area (TPSA) is 56.0 Å². The summed E-state index contributed by atoms with van der Waals surface area (Å²) >= 11 is 3.82. The first-order valence-electron chi connectivity index (χ1n) is 6.58. The highest BCUT2D eigenvalue weighted by molar-refractivity contribution is 8.06. The molecule has 1 aromatic rings. The van der Waals surface area contributed by atoms with Gasteiger partial charge in [-0.25, -0.2) is 0 Å². The van der Waals surface area contributed by atoms with E-state index < -0.39 is 0 Å². The first kappa shape index (κ1) is 14.9. The largest absolute Gasteiger partial charge is 0.339 e. The molecule has 19 heavy (non-hydrogen) atoms. The normalized spacial score (nSPS) is 25.5. The summed E-state index contributed by atoms with van der Waals surface area (Å²) in [5.74, 6) is 3.49. The van der Waals surface area contributed by atoms with E-state index in [0.717, 1.165) is 11.6 Å². The monoisotopic (exact) mass is 300 g/mol. The quantitative estimate of drug-likeness (QED) is 0.850. The van der Waals surface area contributed by atoms with Crippen LogP contribution in [0.3, 0.4) is 0 Å². The number of thioether (sulfide) groups is 2. The molecule has 0 amide bonds. The zero-order valence-corrected chi connectivity index (χ0v) is 13.4. The SMILES string of the molecule is CC(=O)C(c1nc(C2SCCSC2C)no1)C(C)C. The second-order valence-corrected chi connectivity index (χ2v) is 7.93. The van der Waals surface area contributed by atoms with Crippen molar-refractivity contribution in [3.05, 3.63) is 11.7 Å². The molecule has 1 aromatic heterocycles. The van der Waals surface area contributed by atoms with E-state index in [1.54, 1.807) is 6.92 Å². The van der Waals surface area contributed by atoms with E-state index in [4.69, 9.17) is 4.52 Å². The fourth-order valence-corrected chi connectivity index (χ4v) is 5.01. The highest BCUT2D eigenvalue weighted by Crippen LogP contribution is 2.41. The molecule has 0 aromatic carbocycles. The number of aromatic nitrogens is 2. The lowest BCUT2D eigenvalue weighted by atomic mass is 9.92. The van der Waals surface area contributed by atoms with Crippen molar-refractivity contribution in [3.8, 4) is 0 Å². The predicted molar refractivity (Wildman–Crippen MR) is 79.7 cm³/mol. The first-order chi connectivity index (χ1) is 9.00. The average molecular weight is 300 g/mol. The minimum atomic E-state index is -0.280. The van der Waals surface area contributed by atoms with Crippen molar-refractivity contribution >= 4 is 29.3 Å². The van der Waals surface area contributed by atoms with Crippen molar-refractivity contribution in [1.82, 2.24) is 10.1 Å². The summed E-state index contributed by atoms with van der Waals surface area (Å²) in [4.78, 5) is 16.2. The highest BCUT2D eigenvalue weighted by Gasteiger charge is 2.32. The molecule has 6 heteroatoms. The number of Topliss-reactive ketones (excluding diaryl/α,β-unsaturated/α-hetero) is 1. The first-order valence-corrected chi connectivity index (χ1v) is 8.67. The number of hydrogen-bond donors (Lipinski definition) is 0. The van der Waals surface area contributed by atoms with Crippen molar-refractivity contribution in [2.24, 2.45) is 5.92 Å². The van der Waals surface area contributed by atoms with E-state index in [0.29, 0.717) is 11.1 Å². The molecule has 1 aliphatic rings. The van der Waals surface area contributed by atoms with Crippen LogP contribution in [-0.4, -0.2) is 32.7 Å². The van der Waals surface area contributed by atoms with Crippen LogP contribution in [0.2, 0.25) is 0 Å². The Labute approximate surface area is 122 Å². The van der Waals surface area contributed by atoms with Crippen LogP contribution >= 0.6 is 23.5 Å². The van der Waals surface area contributed by atoms with Crippen LogP contribution in [0.4, 0.5) is 0 Å². The Hall–Kier alpha value is -0.490. The van der Waals surface area contributed by atoms with Crippen LogP contribution in [0.1, 0.15) is 50.6 Å². The molecule has 2 rings (SSSR count). The van der Waals surface area contributed by atoms with Gasteiger partial charge in [-0.05, 0) is 12.8 Å². The van der Waals surface area contributed by atoms with Crippen molar-refractivity contribution in [3.63, 3.8) is 0 Å². The maximum absolute atomic E-state index is 11.7. The molecule has 0 spiro atoms. The van der Waals surface area contributed by atoms with E-state index in [1.165, 1.54) is 5.75 Å². The summed E-state index contributed by atoms with van der Waals surface area (Å²) in [6.07, 6.45) is 0. The summed E-state index contributed by atoms with van der Waals surface area (Å²) in [6, 6.07) is 0. The van der Waals surface area contributed by atoms with Crippen LogP contribution in [-0.2, 0) is 4.79 Å². The number of nitrogens with zero attached hydrogens (tertiary/aromatic N) is 2.